The maximum absolute atomic E-state index is 12.9. The number of hydrogen-bond acceptors (Lipinski definition) is 4. The number of benzene rings is 1. The minimum absolute atomic E-state index is 0.0597. The van der Waals surface area contributed by atoms with Crippen molar-refractivity contribution in [2.24, 2.45) is 17.6 Å². The van der Waals surface area contributed by atoms with Crippen LogP contribution >= 0.6 is 0 Å². The molecule has 0 saturated heterocycles. The normalized spacial score (nSPS) is 16.9. The fraction of sp³-hybridized carbons (Fsp3) is 0.500. The maximum Gasteiger partial charge on any atom is 0.586 e. The number of fused-ring (bicyclic) bond motifs is 1. The van der Waals surface area contributed by atoms with Gasteiger partial charge in [-0.1, -0.05) is 13.8 Å². The van der Waals surface area contributed by atoms with Crippen molar-refractivity contribution in [3.63, 3.8) is 0 Å². The van der Waals surface area contributed by atoms with Crippen LogP contribution in [0.25, 0.3) is 0 Å². The summed E-state index contributed by atoms with van der Waals surface area (Å²) in [6.07, 6.45) is -3.01. The number of ether oxygens (including phenoxy) is 2. The van der Waals surface area contributed by atoms with Gasteiger partial charge in [-0.15, -0.1) is 8.78 Å². The summed E-state index contributed by atoms with van der Waals surface area (Å²) < 4.78 is 34.4. The average molecular weight is 300 g/mol. The van der Waals surface area contributed by atoms with Crippen LogP contribution in [-0.4, -0.2) is 18.7 Å². The first-order valence-electron chi connectivity index (χ1n) is 6.71. The molecule has 3 N–H and O–H groups in total. The molecule has 1 atom stereocenters. The summed E-state index contributed by atoms with van der Waals surface area (Å²) >= 11 is 0. The van der Waals surface area contributed by atoms with E-state index in [0.29, 0.717) is 18.0 Å². The Morgan fingerprint density at radius 3 is 2.62 bits per heavy atom. The molecule has 0 saturated carbocycles. The molecule has 116 valence electrons. The molecule has 0 bridgehead atoms. The van der Waals surface area contributed by atoms with E-state index in [0.717, 1.165) is 0 Å². The second-order valence-electron chi connectivity index (χ2n) is 5.38. The van der Waals surface area contributed by atoms with Crippen molar-refractivity contribution in [1.29, 1.82) is 0 Å². The zero-order valence-corrected chi connectivity index (χ0v) is 11.9. The number of alkyl halides is 2. The number of nitrogens with two attached hydrogens (primary N) is 1. The van der Waals surface area contributed by atoms with Crippen molar-refractivity contribution in [2.45, 2.75) is 26.6 Å². The Bertz CT molecular complexity index is 535. The minimum Gasteiger partial charge on any atom is -0.395 e. The summed E-state index contributed by atoms with van der Waals surface area (Å²) in [6.45, 7) is 4.23. The molecule has 1 aliphatic rings. The van der Waals surface area contributed by atoms with Gasteiger partial charge in [-0.3, -0.25) is 4.79 Å². The summed E-state index contributed by atoms with van der Waals surface area (Å²) in [7, 11) is 0. The van der Waals surface area contributed by atoms with Crippen LogP contribution in [0, 0.1) is 11.8 Å². The highest BCUT2D eigenvalue weighted by Crippen LogP contribution is 2.42. The first-order chi connectivity index (χ1) is 9.80. The Hall–Kier alpha value is -1.89. The molecule has 2 rings (SSSR count). The highest BCUT2D eigenvalue weighted by Gasteiger charge is 2.43. The lowest BCUT2D eigenvalue weighted by Gasteiger charge is -2.16. The van der Waals surface area contributed by atoms with Crippen molar-refractivity contribution >= 4 is 11.6 Å². The molecule has 0 fully saturated rings. The molecule has 0 spiro atoms. The van der Waals surface area contributed by atoms with Gasteiger partial charge in [0, 0.05) is 18.3 Å². The van der Waals surface area contributed by atoms with Gasteiger partial charge in [0.1, 0.15) is 0 Å². The number of carbonyl (C=O) groups is 1. The number of hydrogen-bond donors (Lipinski definition) is 2. The van der Waals surface area contributed by atoms with Gasteiger partial charge in [0.15, 0.2) is 11.5 Å². The molecule has 0 aliphatic carbocycles. The van der Waals surface area contributed by atoms with Crippen molar-refractivity contribution < 1.29 is 23.0 Å². The maximum atomic E-state index is 12.9. The first kappa shape index (κ1) is 15.5. The smallest absolute Gasteiger partial charge is 0.395 e. The van der Waals surface area contributed by atoms with Gasteiger partial charge in [0.05, 0.1) is 5.92 Å². The van der Waals surface area contributed by atoms with Gasteiger partial charge in [0.2, 0.25) is 5.91 Å². The first-order valence-corrected chi connectivity index (χ1v) is 6.71. The summed E-state index contributed by atoms with van der Waals surface area (Å²) in [5, 5.41) is 2.66. The Kier molecular flexibility index (Phi) is 4.32. The van der Waals surface area contributed by atoms with E-state index in [1.165, 1.54) is 18.2 Å². The third-order valence-electron chi connectivity index (χ3n) is 3.08. The molecule has 1 unspecified atom stereocenters. The summed E-state index contributed by atoms with van der Waals surface area (Å²) in [6, 6.07) is 4.10. The topological polar surface area (TPSA) is 73.6 Å². The van der Waals surface area contributed by atoms with Crippen LogP contribution in [-0.2, 0) is 4.79 Å². The quantitative estimate of drug-likeness (QED) is 0.876. The van der Waals surface area contributed by atoms with E-state index in [4.69, 9.17) is 5.73 Å². The van der Waals surface area contributed by atoms with Gasteiger partial charge >= 0.3 is 6.29 Å². The van der Waals surface area contributed by atoms with Gasteiger partial charge in [-0.05, 0) is 24.5 Å². The van der Waals surface area contributed by atoms with Crippen LogP contribution in [0.5, 0.6) is 11.5 Å². The number of halogens is 2. The van der Waals surface area contributed by atoms with Gasteiger partial charge < -0.3 is 20.5 Å². The number of carbonyl (C=O) groups excluding carboxylic acids is 1. The molecule has 1 aliphatic heterocycles. The summed E-state index contributed by atoms with van der Waals surface area (Å²) in [4.78, 5) is 12.1. The zero-order valence-electron chi connectivity index (χ0n) is 11.9. The largest absolute Gasteiger partial charge is 0.586 e. The molecule has 7 heteroatoms. The molecule has 0 aromatic heterocycles. The van der Waals surface area contributed by atoms with E-state index < -0.39 is 6.29 Å². The molecule has 1 heterocycles. The molecule has 5 nitrogen and oxygen atoms in total. The molecule has 0 radical (unpaired) electrons. The highest BCUT2D eigenvalue weighted by molar-refractivity contribution is 5.93. The second-order valence-corrected chi connectivity index (χ2v) is 5.38. The fourth-order valence-corrected chi connectivity index (χ4v) is 2.15. The van der Waals surface area contributed by atoms with Crippen molar-refractivity contribution in [1.82, 2.24) is 0 Å². The minimum atomic E-state index is -3.66. The van der Waals surface area contributed by atoms with Crippen LogP contribution in [0.15, 0.2) is 18.2 Å². The Labute approximate surface area is 121 Å². The fourth-order valence-electron chi connectivity index (χ4n) is 2.15. The number of rotatable bonds is 5. The molecule has 21 heavy (non-hydrogen) atoms. The predicted molar refractivity (Wildman–Crippen MR) is 73.3 cm³/mol. The highest BCUT2D eigenvalue weighted by atomic mass is 19.3. The van der Waals surface area contributed by atoms with E-state index in [9.17, 15) is 13.6 Å². The average Bonchev–Trinajstić information content (AvgIpc) is 2.68. The van der Waals surface area contributed by atoms with Crippen molar-refractivity contribution in [3.05, 3.63) is 18.2 Å². The molecular formula is C14H18F2N2O3. The molecule has 1 amide bonds. The van der Waals surface area contributed by atoms with E-state index in [-0.39, 0.29) is 29.9 Å². The summed E-state index contributed by atoms with van der Waals surface area (Å²) in [5.41, 5.74) is 5.96. The molecule has 1 aromatic rings. The van der Waals surface area contributed by atoms with Crippen molar-refractivity contribution in [2.75, 3.05) is 11.9 Å². The number of amides is 1. The van der Waals surface area contributed by atoms with Gasteiger partial charge in [-0.25, -0.2) is 0 Å². The standard InChI is InChI=1S/C14H18F2N2O3/c1-8(2)5-9(7-17)13(19)18-10-3-4-11-12(6-10)21-14(15,16)20-11/h3-4,6,8-9H,5,7,17H2,1-2H3,(H,18,19). The third kappa shape index (κ3) is 3.81. The Balaban J connectivity index is 2.06. The lowest BCUT2D eigenvalue weighted by molar-refractivity contribution is -0.286. The predicted octanol–water partition coefficient (Wildman–Crippen LogP) is 2.57. The van der Waals surface area contributed by atoms with E-state index in [1.807, 2.05) is 13.8 Å². The van der Waals surface area contributed by atoms with E-state index in [2.05, 4.69) is 14.8 Å². The lowest BCUT2D eigenvalue weighted by atomic mass is 9.96. The Morgan fingerprint density at radius 1 is 1.33 bits per heavy atom. The Morgan fingerprint density at radius 2 is 2.00 bits per heavy atom. The number of nitrogens with one attached hydrogen (secondary N) is 1. The molecule has 1 aromatic carbocycles. The SMILES string of the molecule is CC(C)CC(CN)C(=O)Nc1ccc2c(c1)OC(F)(F)O2. The van der Waals surface area contributed by atoms with E-state index >= 15 is 0 Å². The monoisotopic (exact) mass is 300 g/mol. The zero-order chi connectivity index (χ0) is 15.6. The van der Waals surface area contributed by atoms with Crippen molar-refractivity contribution in [3.8, 4) is 11.5 Å². The van der Waals surface area contributed by atoms with Gasteiger partial charge in [0.25, 0.3) is 0 Å². The number of anilines is 1. The van der Waals surface area contributed by atoms with Crippen LogP contribution in [0.4, 0.5) is 14.5 Å². The second kappa shape index (κ2) is 5.85. The van der Waals surface area contributed by atoms with E-state index in [1.54, 1.807) is 0 Å². The van der Waals surface area contributed by atoms with Crippen LogP contribution in [0.1, 0.15) is 20.3 Å². The molecular weight excluding hydrogens is 282 g/mol. The summed E-state index contributed by atoms with van der Waals surface area (Å²) in [5.74, 6) is -0.394. The third-order valence-corrected chi connectivity index (χ3v) is 3.08. The van der Waals surface area contributed by atoms with Crippen LogP contribution in [0.2, 0.25) is 0 Å². The lowest BCUT2D eigenvalue weighted by Crippen LogP contribution is -2.30. The van der Waals surface area contributed by atoms with Crippen LogP contribution < -0.4 is 20.5 Å². The van der Waals surface area contributed by atoms with Crippen LogP contribution in [0.3, 0.4) is 0 Å². The van der Waals surface area contributed by atoms with Gasteiger partial charge in [-0.2, -0.15) is 0 Å².